The van der Waals surface area contributed by atoms with Crippen LogP contribution in [0.15, 0.2) is 176 Å². The average Bonchev–Trinajstić information content (AvgIpc) is 3.54. The zero-order chi connectivity index (χ0) is 37.6. The van der Waals surface area contributed by atoms with E-state index in [1.54, 1.807) is 0 Å². The molecule has 0 atom stereocenters. The second-order valence-electron chi connectivity index (χ2n) is 15.2. The number of benzene rings is 7. The van der Waals surface area contributed by atoms with Crippen molar-refractivity contribution >= 4 is 13.3 Å². The third-order valence-corrected chi connectivity index (χ3v) is 12.9. The summed E-state index contributed by atoms with van der Waals surface area (Å²) >= 11 is 0. The topological polar surface area (TPSA) is 62.5 Å². The van der Waals surface area contributed by atoms with E-state index in [-0.39, 0.29) is 0 Å². The van der Waals surface area contributed by atoms with Gasteiger partial charge in [0, 0.05) is 16.7 Å². The second-order valence-corrected chi connectivity index (χ2v) is 20.3. The first kappa shape index (κ1) is 34.1. The first-order valence-corrected chi connectivity index (χ1v) is 22.2. The lowest BCUT2D eigenvalue weighted by molar-refractivity contribution is 0.768. The van der Waals surface area contributed by atoms with Crippen molar-refractivity contribution in [3.05, 3.63) is 204 Å². The summed E-state index contributed by atoms with van der Waals surface area (Å²) < 4.78 is 0. The third-order valence-electron chi connectivity index (χ3n) is 10.8. The van der Waals surface area contributed by atoms with Crippen LogP contribution in [0.2, 0.25) is 19.6 Å². The molecule has 1 heterocycles. The highest BCUT2D eigenvalue weighted by Crippen LogP contribution is 2.57. The zero-order valence-corrected chi connectivity index (χ0v) is 32.0. The molecule has 0 radical (unpaired) electrons. The first-order chi connectivity index (χ1) is 26.8. The van der Waals surface area contributed by atoms with Crippen molar-refractivity contribution in [1.82, 2.24) is 15.0 Å². The average molecular weight is 723 g/mol. The Kier molecular flexibility index (Phi) is 8.41. The monoisotopic (exact) mass is 722 g/mol. The first-order valence-electron chi connectivity index (χ1n) is 18.7. The van der Waals surface area contributed by atoms with E-state index in [0.717, 1.165) is 50.1 Å². The van der Waals surface area contributed by atoms with Crippen LogP contribution in [0, 0.1) is 11.3 Å². The van der Waals surface area contributed by atoms with Gasteiger partial charge >= 0.3 is 0 Å². The van der Waals surface area contributed by atoms with Gasteiger partial charge in [-0.15, -0.1) is 0 Å². The Bertz CT molecular complexity index is 2690. The third kappa shape index (κ3) is 5.98. The lowest BCUT2D eigenvalue weighted by Gasteiger charge is -2.34. The molecule has 5 heteroatoms. The SMILES string of the molecule is C[Si](C)(C)c1ccc(-c2nc(-c3ccccc3)nc(-c3cccc(-c4ccc5c(c4)C(c4ccccc4)(c4ccccc4)c4cc(C#N)ccc4-5)c3)n2)cc1. The molecule has 0 saturated heterocycles. The minimum absolute atomic E-state index is 0.619. The predicted molar refractivity (Wildman–Crippen MR) is 227 cm³/mol. The number of nitrogens with zero attached hydrogens (tertiary/aromatic N) is 4. The molecular weight excluding hydrogens is 685 g/mol. The van der Waals surface area contributed by atoms with Gasteiger partial charge in [-0.2, -0.15) is 5.26 Å². The van der Waals surface area contributed by atoms with Gasteiger partial charge in [-0.05, 0) is 68.8 Å². The van der Waals surface area contributed by atoms with Crippen LogP contribution in [0.4, 0.5) is 0 Å². The van der Waals surface area contributed by atoms with E-state index in [1.807, 2.05) is 36.4 Å². The molecule has 1 aliphatic carbocycles. The summed E-state index contributed by atoms with van der Waals surface area (Å²) in [5.41, 5.74) is 11.9. The molecule has 9 rings (SSSR count). The molecule has 8 aromatic rings. The van der Waals surface area contributed by atoms with Gasteiger partial charge < -0.3 is 0 Å². The molecule has 0 fully saturated rings. The molecule has 4 nitrogen and oxygen atoms in total. The predicted octanol–water partition coefficient (Wildman–Crippen LogP) is 11.3. The van der Waals surface area contributed by atoms with Crippen molar-refractivity contribution in [3.8, 4) is 62.5 Å². The van der Waals surface area contributed by atoms with Crippen LogP contribution in [0.5, 0.6) is 0 Å². The van der Waals surface area contributed by atoms with Gasteiger partial charge in [-0.1, -0.05) is 176 Å². The number of rotatable bonds is 7. The highest BCUT2D eigenvalue weighted by Gasteiger charge is 2.46. The van der Waals surface area contributed by atoms with E-state index in [0.29, 0.717) is 23.0 Å². The standard InChI is InChI=1S/C50H38N4Si/c1-55(2,3)42-26-23-36(24-27-42)48-52-47(35-14-7-4-8-15-35)53-49(54-48)39-17-13-16-37(31-39)38-25-29-44-43-28-22-34(33-51)30-45(43)50(46(44)32-38,40-18-9-5-10-19-40)41-20-11-6-12-21-41/h4-32H,1-3H3. The van der Waals surface area contributed by atoms with E-state index in [1.165, 1.54) is 16.3 Å². The van der Waals surface area contributed by atoms with Crippen LogP contribution in [0.1, 0.15) is 27.8 Å². The van der Waals surface area contributed by atoms with Gasteiger partial charge in [-0.3, -0.25) is 0 Å². The van der Waals surface area contributed by atoms with Gasteiger partial charge in [0.25, 0.3) is 0 Å². The second kappa shape index (κ2) is 13.6. The fourth-order valence-electron chi connectivity index (χ4n) is 8.05. The Balaban J connectivity index is 1.21. The molecule has 0 amide bonds. The smallest absolute Gasteiger partial charge is 0.164 e. The number of fused-ring (bicyclic) bond motifs is 3. The molecule has 0 aliphatic heterocycles. The van der Waals surface area contributed by atoms with E-state index in [4.69, 9.17) is 15.0 Å². The molecule has 7 aromatic carbocycles. The fraction of sp³-hybridized carbons (Fsp3) is 0.0800. The molecule has 0 saturated carbocycles. The summed E-state index contributed by atoms with van der Waals surface area (Å²) in [6.45, 7) is 7.08. The van der Waals surface area contributed by atoms with Crippen LogP contribution < -0.4 is 5.19 Å². The lowest BCUT2D eigenvalue weighted by Crippen LogP contribution is -2.37. The lowest BCUT2D eigenvalue weighted by atomic mass is 9.67. The molecule has 0 bridgehead atoms. The van der Waals surface area contributed by atoms with E-state index in [9.17, 15) is 5.26 Å². The molecule has 0 spiro atoms. The van der Waals surface area contributed by atoms with Crippen LogP contribution in [0.25, 0.3) is 56.4 Å². The van der Waals surface area contributed by atoms with Gasteiger partial charge in [0.05, 0.1) is 25.1 Å². The van der Waals surface area contributed by atoms with Crippen LogP contribution in [0.3, 0.4) is 0 Å². The number of hydrogen-bond donors (Lipinski definition) is 0. The normalized spacial score (nSPS) is 12.8. The summed E-state index contributed by atoms with van der Waals surface area (Å²) in [5, 5.41) is 11.4. The van der Waals surface area contributed by atoms with Crippen molar-refractivity contribution in [2.45, 2.75) is 25.1 Å². The molecule has 55 heavy (non-hydrogen) atoms. The number of hydrogen-bond acceptors (Lipinski definition) is 4. The molecule has 0 unspecified atom stereocenters. The van der Waals surface area contributed by atoms with Crippen molar-refractivity contribution in [1.29, 1.82) is 5.26 Å². The number of nitriles is 1. The fourth-order valence-corrected chi connectivity index (χ4v) is 9.21. The van der Waals surface area contributed by atoms with Crippen molar-refractivity contribution < 1.29 is 0 Å². The van der Waals surface area contributed by atoms with Crippen molar-refractivity contribution in [2.75, 3.05) is 0 Å². The minimum Gasteiger partial charge on any atom is -0.208 e. The van der Waals surface area contributed by atoms with Gasteiger partial charge in [-0.25, -0.2) is 15.0 Å². The molecule has 1 aliphatic rings. The van der Waals surface area contributed by atoms with E-state index >= 15 is 0 Å². The highest BCUT2D eigenvalue weighted by atomic mass is 28.3. The summed E-state index contributed by atoms with van der Waals surface area (Å²) in [6.07, 6.45) is 0. The van der Waals surface area contributed by atoms with Crippen molar-refractivity contribution in [3.63, 3.8) is 0 Å². The summed E-state index contributed by atoms with van der Waals surface area (Å²) in [4.78, 5) is 15.1. The van der Waals surface area contributed by atoms with Crippen molar-refractivity contribution in [2.24, 2.45) is 0 Å². The Morgan fingerprint density at radius 2 is 0.891 bits per heavy atom. The van der Waals surface area contributed by atoms with Gasteiger partial charge in [0.2, 0.25) is 0 Å². The summed E-state index contributed by atoms with van der Waals surface area (Å²) in [6, 6.07) is 64.1. The van der Waals surface area contributed by atoms with Crippen LogP contribution in [-0.2, 0) is 5.41 Å². The minimum atomic E-state index is -1.47. The van der Waals surface area contributed by atoms with E-state index in [2.05, 4.69) is 165 Å². The molecule has 1 aromatic heterocycles. The maximum absolute atomic E-state index is 10.1. The Morgan fingerprint density at radius 1 is 0.436 bits per heavy atom. The Hall–Kier alpha value is -6.74. The Labute approximate surface area is 323 Å². The summed E-state index contributed by atoms with van der Waals surface area (Å²) in [5.74, 6) is 1.92. The largest absolute Gasteiger partial charge is 0.208 e. The van der Waals surface area contributed by atoms with Gasteiger partial charge in [0.15, 0.2) is 17.5 Å². The maximum atomic E-state index is 10.1. The van der Waals surface area contributed by atoms with Gasteiger partial charge in [0.1, 0.15) is 0 Å². The molecule has 0 N–H and O–H groups in total. The highest BCUT2D eigenvalue weighted by molar-refractivity contribution is 6.88. The molecule has 262 valence electrons. The zero-order valence-electron chi connectivity index (χ0n) is 31.0. The Morgan fingerprint density at radius 3 is 1.47 bits per heavy atom. The quantitative estimate of drug-likeness (QED) is 0.154. The summed E-state index contributed by atoms with van der Waals surface area (Å²) in [7, 11) is -1.47. The number of aromatic nitrogens is 3. The van der Waals surface area contributed by atoms with Crippen LogP contribution >= 0.6 is 0 Å². The van der Waals surface area contributed by atoms with Crippen LogP contribution in [-0.4, -0.2) is 23.0 Å². The van der Waals surface area contributed by atoms with E-state index < -0.39 is 13.5 Å². The molecular formula is C50H38N4Si. The maximum Gasteiger partial charge on any atom is 0.164 e.